The van der Waals surface area contributed by atoms with Crippen LogP contribution in [-0.2, 0) is 19.6 Å². The van der Waals surface area contributed by atoms with E-state index >= 15 is 0 Å². The minimum absolute atomic E-state index is 0.0556. The molecular formula is C21H19N3O7S2. The Kier molecular flexibility index (Phi) is 5.62. The average molecular weight is 490 g/mol. The molecule has 10 nitrogen and oxygen atoms in total. The number of hydrogen-bond donors (Lipinski definition) is 1. The number of carbonyl (C=O) groups excluding carboxylic acids is 2. The van der Waals surface area contributed by atoms with Crippen LogP contribution in [0.25, 0.3) is 0 Å². The number of esters is 1. The molecule has 1 N–H and O–H groups in total. The maximum atomic E-state index is 12.4. The predicted octanol–water partition coefficient (Wildman–Crippen LogP) is 1.41. The number of ether oxygens (including phenoxy) is 3. The lowest BCUT2D eigenvalue weighted by Gasteiger charge is -2.26. The zero-order valence-electron chi connectivity index (χ0n) is 17.2. The summed E-state index contributed by atoms with van der Waals surface area (Å²) in [4.78, 5) is 27.0. The van der Waals surface area contributed by atoms with E-state index in [4.69, 9.17) is 14.2 Å². The first-order chi connectivity index (χ1) is 15.9. The fourth-order valence-corrected chi connectivity index (χ4v) is 5.81. The molecule has 0 aliphatic carbocycles. The Morgan fingerprint density at radius 1 is 1.21 bits per heavy atom. The first kappa shape index (κ1) is 21.6. The molecule has 12 heteroatoms. The van der Waals surface area contributed by atoms with Gasteiger partial charge in [-0.05, 0) is 42.1 Å². The van der Waals surface area contributed by atoms with E-state index in [2.05, 4.69) is 9.71 Å². The van der Waals surface area contributed by atoms with Gasteiger partial charge in [-0.2, -0.15) is 0 Å². The van der Waals surface area contributed by atoms with E-state index in [-0.39, 0.29) is 24.0 Å². The van der Waals surface area contributed by atoms with Crippen molar-refractivity contribution in [3.05, 3.63) is 48.0 Å². The monoisotopic (exact) mass is 489 g/mol. The first-order valence-corrected chi connectivity index (χ1v) is 12.5. The van der Waals surface area contributed by atoms with Crippen LogP contribution in [0.3, 0.4) is 0 Å². The van der Waals surface area contributed by atoms with Crippen LogP contribution in [-0.4, -0.2) is 63.6 Å². The Morgan fingerprint density at radius 2 is 2.03 bits per heavy atom. The van der Waals surface area contributed by atoms with E-state index in [9.17, 15) is 18.0 Å². The molecule has 3 aliphatic heterocycles. The second-order valence-electron chi connectivity index (χ2n) is 7.47. The van der Waals surface area contributed by atoms with Gasteiger partial charge in [0.15, 0.2) is 23.3 Å². The molecule has 0 saturated carbocycles. The zero-order chi connectivity index (χ0) is 23.0. The third-order valence-electron chi connectivity index (χ3n) is 5.14. The molecule has 0 spiro atoms. The fraction of sp³-hybridized carbons (Fsp3) is 0.286. The number of rotatable bonds is 5. The van der Waals surface area contributed by atoms with Crippen molar-refractivity contribution in [2.24, 2.45) is 4.40 Å². The summed E-state index contributed by atoms with van der Waals surface area (Å²) in [6.45, 7) is 0.380. The van der Waals surface area contributed by atoms with Gasteiger partial charge in [-0.15, -0.1) is 4.40 Å². The Labute approximate surface area is 194 Å². The third-order valence-corrected chi connectivity index (χ3v) is 7.44. The highest BCUT2D eigenvalue weighted by molar-refractivity contribution is 8.15. The maximum Gasteiger partial charge on any atom is 0.338 e. The smallest absolute Gasteiger partial charge is 0.338 e. The summed E-state index contributed by atoms with van der Waals surface area (Å²) in [5, 5.41) is 3.04. The number of hydrogen-bond acceptors (Lipinski definition) is 9. The van der Waals surface area contributed by atoms with Gasteiger partial charge in [-0.3, -0.25) is 4.79 Å². The van der Waals surface area contributed by atoms with Crippen LogP contribution in [0.5, 0.6) is 11.5 Å². The van der Waals surface area contributed by atoms with Crippen LogP contribution in [0.2, 0.25) is 0 Å². The highest BCUT2D eigenvalue weighted by atomic mass is 32.2. The summed E-state index contributed by atoms with van der Waals surface area (Å²) in [7, 11) is -3.46. The van der Waals surface area contributed by atoms with Crippen molar-refractivity contribution in [2.45, 2.75) is 11.0 Å². The van der Waals surface area contributed by atoms with Crippen molar-refractivity contribution in [1.82, 2.24) is 5.32 Å². The van der Waals surface area contributed by atoms with Gasteiger partial charge in [-0.1, -0.05) is 12.1 Å². The van der Waals surface area contributed by atoms with Gasteiger partial charge < -0.3 is 24.4 Å². The maximum absolute atomic E-state index is 12.4. The number of para-hydroxylation sites is 2. The minimum Gasteiger partial charge on any atom is -0.486 e. The van der Waals surface area contributed by atoms with Crippen molar-refractivity contribution in [2.75, 3.05) is 37.0 Å². The lowest BCUT2D eigenvalue weighted by Crippen LogP contribution is -2.42. The van der Waals surface area contributed by atoms with Gasteiger partial charge >= 0.3 is 5.97 Å². The Balaban J connectivity index is 1.13. The van der Waals surface area contributed by atoms with Crippen molar-refractivity contribution >= 4 is 44.5 Å². The Bertz CT molecular complexity index is 1260. The van der Waals surface area contributed by atoms with E-state index in [0.717, 1.165) is 5.69 Å². The number of amidine groups is 1. The molecule has 1 unspecified atom stereocenters. The lowest BCUT2D eigenvalue weighted by atomic mass is 10.2. The number of nitrogens with zero attached hydrogens (tertiary/aromatic N) is 2. The van der Waals surface area contributed by atoms with Crippen molar-refractivity contribution < 1.29 is 32.2 Å². The zero-order valence-corrected chi connectivity index (χ0v) is 18.9. The molecule has 33 heavy (non-hydrogen) atoms. The molecule has 1 atom stereocenters. The van der Waals surface area contributed by atoms with Gasteiger partial charge in [0.2, 0.25) is 0 Å². The fourth-order valence-electron chi connectivity index (χ4n) is 3.51. The van der Waals surface area contributed by atoms with E-state index in [1.165, 1.54) is 11.8 Å². The molecular weight excluding hydrogens is 470 g/mol. The Morgan fingerprint density at radius 3 is 2.88 bits per heavy atom. The average Bonchev–Trinajstić information content (AvgIpc) is 3.16. The van der Waals surface area contributed by atoms with E-state index < -0.39 is 28.5 Å². The third kappa shape index (κ3) is 4.62. The summed E-state index contributed by atoms with van der Waals surface area (Å²) in [5.41, 5.74) is 1.05. The van der Waals surface area contributed by atoms with E-state index in [1.54, 1.807) is 29.2 Å². The predicted molar refractivity (Wildman–Crippen MR) is 121 cm³/mol. The van der Waals surface area contributed by atoms with Crippen molar-refractivity contribution in [3.63, 3.8) is 0 Å². The quantitative estimate of drug-likeness (QED) is 0.621. The number of carbonyl (C=O) groups is 2. The summed E-state index contributed by atoms with van der Waals surface area (Å²) in [6, 6.07) is 12.2. The molecule has 0 fully saturated rings. The number of sulfonamides is 1. The molecule has 0 radical (unpaired) electrons. The Hall–Kier alpha value is -3.25. The van der Waals surface area contributed by atoms with Gasteiger partial charge in [0, 0.05) is 11.4 Å². The molecule has 5 rings (SSSR count). The number of thioether (sulfide) groups is 1. The summed E-state index contributed by atoms with van der Waals surface area (Å²) in [5.74, 6) is 0.104. The van der Waals surface area contributed by atoms with Gasteiger partial charge in [0.05, 0.1) is 23.5 Å². The topological polar surface area (TPSA) is 124 Å². The molecule has 1 amide bonds. The van der Waals surface area contributed by atoms with E-state index in [0.29, 0.717) is 34.7 Å². The van der Waals surface area contributed by atoms with E-state index in [1.807, 2.05) is 18.2 Å². The van der Waals surface area contributed by atoms with Crippen LogP contribution >= 0.6 is 11.8 Å². The minimum atomic E-state index is -3.46. The molecule has 2 aromatic rings. The molecule has 2 aromatic carbocycles. The number of fused-ring (bicyclic) bond motifs is 4. The molecule has 0 saturated heterocycles. The molecule has 0 bridgehead atoms. The molecule has 3 heterocycles. The summed E-state index contributed by atoms with van der Waals surface area (Å²) >= 11 is 1.18. The first-order valence-electron chi connectivity index (χ1n) is 10.1. The van der Waals surface area contributed by atoms with Crippen LogP contribution in [0, 0.1) is 0 Å². The van der Waals surface area contributed by atoms with Crippen LogP contribution in [0.15, 0.2) is 51.8 Å². The standard InChI is InChI=1S/C21H19N3O7S2/c25-19(22-10-14-11-29-16-3-1-2-4-17(16)31-14)12-30-20(26)13-5-6-15-18(9-13)32-21-23-33(27,28)8-7-24(15)21/h1-6,9,14H,7-8,10-12H2,(H,22,25). The molecule has 172 valence electrons. The van der Waals surface area contributed by atoms with Crippen LogP contribution < -0.4 is 19.7 Å². The second kappa shape index (κ2) is 8.60. The van der Waals surface area contributed by atoms with Crippen molar-refractivity contribution in [3.8, 4) is 11.5 Å². The highest BCUT2D eigenvalue weighted by Gasteiger charge is 2.33. The number of anilines is 1. The SMILES string of the molecule is O=C(COC(=O)c1ccc2c(c1)SC1=NS(=O)(=O)CCN12)NCC1COc2ccccc2O1. The number of benzene rings is 2. The normalized spacial score (nSPS) is 19.7. The number of nitrogens with one attached hydrogen (secondary N) is 1. The van der Waals surface area contributed by atoms with Gasteiger partial charge in [0.25, 0.3) is 15.9 Å². The highest BCUT2D eigenvalue weighted by Crippen LogP contribution is 2.42. The second-order valence-corrected chi connectivity index (χ2v) is 10.2. The van der Waals surface area contributed by atoms with Crippen molar-refractivity contribution in [1.29, 1.82) is 0 Å². The van der Waals surface area contributed by atoms with Gasteiger partial charge in [-0.25, -0.2) is 13.2 Å². The summed E-state index contributed by atoms with van der Waals surface area (Å²) in [6.07, 6.45) is -0.349. The molecule has 0 aromatic heterocycles. The summed E-state index contributed by atoms with van der Waals surface area (Å²) < 4.78 is 43.7. The van der Waals surface area contributed by atoms with Crippen LogP contribution in [0.4, 0.5) is 5.69 Å². The van der Waals surface area contributed by atoms with Crippen LogP contribution in [0.1, 0.15) is 10.4 Å². The lowest BCUT2D eigenvalue weighted by molar-refractivity contribution is -0.124. The number of amides is 1. The van der Waals surface area contributed by atoms with Gasteiger partial charge in [0.1, 0.15) is 12.7 Å². The molecule has 3 aliphatic rings. The largest absolute Gasteiger partial charge is 0.486 e.